The summed E-state index contributed by atoms with van der Waals surface area (Å²) in [5.74, 6) is -0.819. The molecule has 1 aliphatic rings. The maximum atomic E-state index is 14.0. The third-order valence-electron chi connectivity index (χ3n) is 3.29. The molecule has 0 saturated carbocycles. The fourth-order valence-electron chi connectivity index (χ4n) is 2.02. The van der Waals surface area contributed by atoms with E-state index in [1.807, 2.05) is 7.05 Å². The predicted molar refractivity (Wildman–Crippen MR) is 69.5 cm³/mol. The number of carbonyl (C=O) groups is 1. The first-order chi connectivity index (χ1) is 8.50. The maximum Gasteiger partial charge on any atom is 0.258 e. The minimum atomic E-state index is -0.508. The highest BCUT2D eigenvalue weighted by Gasteiger charge is 2.25. The molecule has 0 radical (unpaired) electrons. The van der Waals surface area contributed by atoms with Crippen LogP contribution in [-0.4, -0.2) is 48.9 Å². The summed E-state index contributed by atoms with van der Waals surface area (Å²) in [5, 5.41) is 0.182. The maximum absolute atomic E-state index is 14.0. The van der Waals surface area contributed by atoms with Gasteiger partial charge in [0.25, 0.3) is 5.91 Å². The molecular formula is C13H16ClFN2O. The van der Waals surface area contributed by atoms with Gasteiger partial charge in [-0.2, -0.15) is 0 Å². The number of carbonyl (C=O) groups excluding carboxylic acids is 1. The average molecular weight is 271 g/mol. The Morgan fingerprint density at radius 1 is 1.28 bits per heavy atom. The molecule has 0 spiro atoms. The van der Waals surface area contributed by atoms with E-state index in [1.54, 1.807) is 24.0 Å². The van der Waals surface area contributed by atoms with E-state index >= 15 is 0 Å². The predicted octanol–water partition coefficient (Wildman–Crippen LogP) is 2.18. The van der Waals surface area contributed by atoms with Gasteiger partial charge in [0.05, 0.1) is 10.6 Å². The van der Waals surface area contributed by atoms with Gasteiger partial charge in [0.15, 0.2) is 0 Å². The van der Waals surface area contributed by atoms with Crippen molar-refractivity contribution in [3.05, 3.63) is 34.1 Å². The highest BCUT2D eigenvalue weighted by molar-refractivity contribution is 6.33. The number of hydrogen-bond acceptors (Lipinski definition) is 2. The first-order valence-electron chi connectivity index (χ1n) is 5.93. The van der Waals surface area contributed by atoms with Crippen molar-refractivity contribution in [2.45, 2.75) is 6.92 Å². The van der Waals surface area contributed by atoms with Crippen LogP contribution in [0.4, 0.5) is 4.39 Å². The summed E-state index contributed by atoms with van der Waals surface area (Å²) in [6.07, 6.45) is 0. The van der Waals surface area contributed by atoms with Crippen molar-refractivity contribution in [1.82, 2.24) is 9.80 Å². The van der Waals surface area contributed by atoms with E-state index in [0.717, 1.165) is 13.1 Å². The van der Waals surface area contributed by atoms with Crippen LogP contribution in [0, 0.1) is 12.7 Å². The molecule has 1 saturated heterocycles. The van der Waals surface area contributed by atoms with E-state index < -0.39 is 5.82 Å². The second-order valence-corrected chi connectivity index (χ2v) is 5.06. The number of rotatable bonds is 1. The number of aryl methyl sites for hydroxylation is 1. The summed E-state index contributed by atoms with van der Waals surface area (Å²) < 4.78 is 14.0. The van der Waals surface area contributed by atoms with Crippen LogP contribution < -0.4 is 0 Å². The quantitative estimate of drug-likeness (QED) is 0.781. The van der Waals surface area contributed by atoms with Crippen LogP contribution in [-0.2, 0) is 0 Å². The molecule has 0 N–H and O–H groups in total. The van der Waals surface area contributed by atoms with Crippen molar-refractivity contribution in [2.75, 3.05) is 33.2 Å². The number of benzene rings is 1. The van der Waals surface area contributed by atoms with E-state index in [2.05, 4.69) is 4.90 Å². The van der Waals surface area contributed by atoms with Gasteiger partial charge in [-0.15, -0.1) is 0 Å². The molecule has 0 atom stereocenters. The van der Waals surface area contributed by atoms with Gasteiger partial charge in [0.1, 0.15) is 5.82 Å². The molecule has 1 heterocycles. The Morgan fingerprint density at radius 2 is 1.89 bits per heavy atom. The van der Waals surface area contributed by atoms with E-state index in [1.165, 1.54) is 0 Å². The van der Waals surface area contributed by atoms with Gasteiger partial charge in [0.2, 0.25) is 0 Å². The molecule has 98 valence electrons. The molecule has 1 aromatic carbocycles. The third-order valence-corrected chi connectivity index (χ3v) is 3.60. The van der Waals surface area contributed by atoms with Crippen LogP contribution in [0.2, 0.25) is 5.02 Å². The van der Waals surface area contributed by atoms with E-state index in [9.17, 15) is 9.18 Å². The SMILES string of the molecule is Cc1ccc(Cl)c(C(=O)N2CCN(C)CC2)c1F. The van der Waals surface area contributed by atoms with Gasteiger partial charge >= 0.3 is 0 Å². The number of likely N-dealkylation sites (N-methyl/N-ethyl adjacent to an activating group) is 1. The first kappa shape index (κ1) is 13.3. The fraction of sp³-hybridized carbons (Fsp3) is 0.462. The zero-order valence-electron chi connectivity index (χ0n) is 10.5. The van der Waals surface area contributed by atoms with Crippen molar-refractivity contribution in [1.29, 1.82) is 0 Å². The zero-order chi connectivity index (χ0) is 13.3. The van der Waals surface area contributed by atoms with Gasteiger partial charge in [-0.05, 0) is 25.6 Å². The van der Waals surface area contributed by atoms with Gasteiger partial charge in [0, 0.05) is 26.2 Å². The van der Waals surface area contributed by atoms with Gasteiger partial charge < -0.3 is 9.80 Å². The first-order valence-corrected chi connectivity index (χ1v) is 6.31. The molecule has 18 heavy (non-hydrogen) atoms. The zero-order valence-corrected chi connectivity index (χ0v) is 11.3. The Kier molecular flexibility index (Phi) is 3.88. The number of piperazine rings is 1. The largest absolute Gasteiger partial charge is 0.336 e. The van der Waals surface area contributed by atoms with Crippen molar-refractivity contribution in [3.63, 3.8) is 0 Å². The molecule has 1 aromatic rings. The van der Waals surface area contributed by atoms with Crippen LogP contribution in [0.25, 0.3) is 0 Å². The van der Waals surface area contributed by atoms with E-state index in [4.69, 9.17) is 11.6 Å². The molecule has 5 heteroatoms. The summed E-state index contributed by atoms with van der Waals surface area (Å²) in [6, 6.07) is 3.15. The molecule has 1 amide bonds. The minimum Gasteiger partial charge on any atom is -0.336 e. The molecule has 0 aliphatic carbocycles. The lowest BCUT2D eigenvalue weighted by atomic mass is 10.1. The standard InChI is InChI=1S/C13H16ClFN2O/c1-9-3-4-10(14)11(12(9)15)13(18)17-7-5-16(2)6-8-17/h3-4H,5-8H2,1-2H3. The summed E-state index contributed by atoms with van der Waals surface area (Å²) in [7, 11) is 2.00. The molecule has 1 aliphatic heterocycles. The fourth-order valence-corrected chi connectivity index (χ4v) is 2.25. The molecule has 0 unspecified atom stereocenters. The number of hydrogen-bond donors (Lipinski definition) is 0. The minimum absolute atomic E-state index is 0.00113. The molecule has 2 rings (SSSR count). The lowest BCUT2D eigenvalue weighted by Crippen LogP contribution is -2.47. The highest BCUT2D eigenvalue weighted by atomic mass is 35.5. The second-order valence-electron chi connectivity index (χ2n) is 4.65. The Labute approximate surface area is 111 Å². The van der Waals surface area contributed by atoms with Crippen molar-refractivity contribution < 1.29 is 9.18 Å². The Balaban J connectivity index is 2.26. The van der Waals surface area contributed by atoms with Crippen LogP contribution in [0.3, 0.4) is 0 Å². The van der Waals surface area contributed by atoms with Crippen LogP contribution in [0.5, 0.6) is 0 Å². The average Bonchev–Trinajstić information content (AvgIpc) is 2.35. The molecular weight excluding hydrogens is 255 g/mol. The Bertz CT molecular complexity index is 470. The highest BCUT2D eigenvalue weighted by Crippen LogP contribution is 2.24. The Morgan fingerprint density at radius 3 is 2.50 bits per heavy atom. The van der Waals surface area contributed by atoms with Gasteiger partial charge in [-0.25, -0.2) is 4.39 Å². The topological polar surface area (TPSA) is 23.6 Å². The summed E-state index contributed by atoms with van der Waals surface area (Å²) in [6.45, 7) is 4.46. The molecule has 0 bridgehead atoms. The normalized spacial score (nSPS) is 17.0. The summed E-state index contributed by atoms with van der Waals surface area (Å²) in [5.41, 5.74) is 0.443. The van der Waals surface area contributed by atoms with Gasteiger partial charge in [-0.1, -0.05) is 17.7 Å². The van der Waals surface area contributed by atoms with E-state index in [0.29, 0.717) is 18.7 Å². The second kappa shape index (κ2) is 5.24. The molecule has 3 nitrogen and oxygen atoms in total. The van der Waals surface area contributed by atoms with Crippen molar-refractivity contribution >= 4 is 17.5 Å². The van der Waals surface area contributed by atoms with Crippen LogP contribution in [0.15, 0.2) is 12.1 Å². The van der Waals surface area contributed by atoms with Crippen molar-refractivity contribution in [2.24, 2.45) is 0 Å². The Hall–Kier alpha value is -1.13. The number of nitrogens with zero attached hydrogens (tertiary/aromatic N) is 2. The summed E-state index contributed by atoms with van der Waals surface area (Å²) >= 11 is 5.95. The van der Waals surface area contributed by atoms with E-state index in [-0.39, 0.29) is 16.5 Å². The lowest BCUT2D eigenvalue weighted by Gasteiger charge is -2.32. The third kappa shape index (κ3) is 2.49. The molecule has 1 fully saturated rings. The smallest absolute Gasteiger partial charge is 0.258 e. The molecule has 0 aromatic heterocycles. The summed E-state index contributed by atoms with van der Waals surface area (Å²) in [4.78, 5) is 16.1. The van der Waals surface area contributed by atoms with Crippen LogP contribution in [0.1, 0.15) is 15.9 Å². The van der Waals surface area contributed by atoms with Crippen LogP contribution >= 0.6 is 11.6 Å². The monoisotopic (exact) mass is 270 g/mol. The van der Waals surface area contributed by atoms with Gasteiger partial charge in [-0.3, -0.25) is 4.79 Å². The van der Waals surface area contributed by atoms with Crippen molar-refractivity contribution in [3.8, 4) is 0 Å². The number of halogens is 2. The number of amides is 1. The lowest BCUT2D eigenvalue weighted by molar-refractivity contribution is 0.0659.